The fourth-order valence-electron chi connectivity index (χ4n) is 1.33. The number of nitrogens with two attached hydrogens (primary N) is 1. The lowest BCUT2D eigenvalue weighted by Gasteiger charge is -2.00. The fourth-order valence-corrected chi connectivity index (χ4v) is 1.33. The SMILES string of the molecule is Cc1ccc2onc(OCCN)c2c1F.Cl. The molecule has 0 unspecified atom stereocenters. The van der Waals surface area contributed by atoms with E-state index in [1.807, 2.05) is 0 Å². The molecule has 2 aromatic rings. The van der Waals surface area contributed by atoms with Crippen molar-refractivity contribution in [1.29, 1.82) is 0 Å². The van der Waals surface area contributed by atoms with Crippen LogP contribution in [0.1, 0.15) is 5.56 Å². The highest BCUT2D eigenvalue weighted by atomic mass is 35.5. The lowest BCUT2D eigenvalue weighted by molar-refractivity contribution is 0.292. The number of benzene rings is 1. The number of nitrogens with zero attached hydrogens (tertiary/aromatic N) is 1. The summed E-state index contributed by atoms with van der Waals surface area (Å²) in [5, 5.41) is 3.92. The molecule has 2 N–H and O–H groups in total. The molecule has 0 amide bonds. The largest absolute Gasteiger partial charge is 0.474 e. The lowest BCUT2D eigenvalue weighted by atomic mass is 10.2. The van der Waals surface area contributed by atoms with Gasteiger partial charge in [0.1, 0.15) is 17.8 Å². The Bertz CT molecular complexity index is 487. The first-order valence-electron chi connectivity index (χ1n) is 4.61. The van der Waals surface area contributed by atoms with Gasteiger partial charge in [-0.1, -0.05) is 6.07 Å². The Morgan fingerprint density at radius 2 is 2.25 bits per heavy atom. The monoisotopic (exact) mass is 246 g/mol. The average Bonchev–Trinajstić information content (AvgIpc) is 2.64. The van der Waals surface area contributed by atoms with E-state index in [2.05, 4.69) is 5.16 Å². The summed E-state index contributed by atoms with van der Waals surface area (Å²) < 4.78 is 23.8. The summed E-state index contributed by atoms with van der Waals surface area (Å²) in [6.07, 6.45) is 0. The number of fused-ring (bicyclic) bond motifs is 1. The summed E-state index contributed by atoms with van der Waals surface area (Å²) in [4.78, 5) is 0. The highest BCUT2D eigenvalue weighted by Crippen LogP contribution is 2.29. The van der Waals surface area contributed by atoms with E-state index in [4.69, 9.17) is 15.0 Å². The van der Waals surface area contributed by atoms with E-state index in [1.54, 1.807) is 19.1 Å². The highest BCUT2D eigenvalue weighted by Gasteiger charge is 2.15. The molecule has 16 heavy (non-hydrogen) atoms. The van der Waals surface area contributed by atoms with Crippen LogP contribution in [0.25, 0.3) is 11.0 Å². The molecule has 0 bridgehead atoms. The molecular formula is C10H12ClFN2O2. The van der Waals surface area contributed by atoms with Gasteiger partial charge in [-0.05, 0) is 23.7 Å². The standard InChI is InChI=1S/C10H11FN2O2.ClH/c1-6-2-3-7-8(9(6)11)10(13-15-7)14-5-4-12;/h2-3H,4-5,12H2,1H3;1H. The minimum Gasteiger partial charge on any atom is -0.474 e. The van der Waals surface area contributed by atoms with E-state index in [-0.39, 0.29) is 36.1 Å². The number of halogens is 2. The molecule has 0 saturated heterocycles. The van der Waals surface area contributed by atoms with Gasteiger partial charge in [0.15, 0.2) is 5.58 Å². The molecule has 1 aromatic heterocycles. The maximum atomic E-state index is 13.7. The van der Waals surface area contributed by atoms with Crippen LogP contribution in [0.4, 0.5) is 4.39 Å². The number of rotatable bonds is 3. The van der Waals surface area contributed by atoms with Gasteiger partial charge in [-0.15, -0.1) is 12.4 Å². The normalized spacial score (nSPS) is 10.2. The van der Waals surface area contributed by atoms with Gasteiger partial charge in [-0.25, -0.2) is 4.39 Å². The van der Waals surface area contributed by atoms with Crippen LogP contribution in [0, 0.1) is 12.7 Å². The van der Waals surface area contributed by atoms with E-state index in [1.165, 1.54) is 0 Å². The minimum atomic E-state index is -0.360. The van der Waals surface area contributed by atoms with E-state index in [9.17, 15) is 4.39 Å². The van der Waals surface area contributed by atoms with Crippen molar-refractivity contribution in [2.45, 2.75) is 6.92 Å². The topological polar surface area (TPSA) is 61.3 Å². The van der Waals surface area contributed by atoms with Gasteiger partial charge in [0.2, 0.25) is 0 Å². The van der Waals surface area contributed by atoms with Crippen molar-refractivity contribution in [2.24, 2.45) is 5.73 Å². The van der Waals surface area contributed by atoms with Crippen molar-refractivity contribution in [3.8, 4) is 5.88 Å². The van der Waals surface area contributed by atoms with Crippen molar-refractivity contribution >= 4 is 23.4 Å². The molecule has 0 spiro atoms. The Hall–Kier alpha value is -1.33. The van der Waals surface area contributed by atoms with Crippen molar-refractivity contribution in [3.63, 3.8) is 0 Å². The van der Waals surface area contributed by atoms with Crippen molar-refractivity contribution in [2.75, 3.05) is 13.2 Å². The molecule has 0 aliphatic heterocycles. The molecule has 1 aromatic carbocycles. The zero-order valence-corrected chi connectivity index (χ0v) is 9.51. The molecular weight excluding hydrogens is 235 g/mol. The fraction of sp³-hybridized carbons (Fsp3) is 0.300. The van der Waals surface area contributed by atoms with Crippen LogP contribution in [-0.2, 0) is 0 Å². The van der Waals surface area contributed by atoms with Crippen molar-refractivity contribution in [1.82, 2.24) is 5.16 Å². The Morgan fingerprint density at radius 3 is 2.94 bits per heavy atom. The third-order valence-electron chi connectivity index (χ3n) is 2.09. The third kappa shape index (κ3) is 2.10. The second-order valence-electron chi connectivity index (χ2n) is 3.19. The number of aromatic nitrogens is 1. The van der Waals surface area contributed by atoms with E-state index < -0.39 is 0 Å². The van der Waals surface area contributed by atoms with Gasteiger partial charge in [0.25, 0.3) is 5.88 Å². The molecule has 6 heteroatoms. The number of hydrogen-bond donors (Lipinski definition) is 1. The minimum absolute atomic E-state index is 0. The molecule has 0 radical (unpaired) electrons. The molecule has 0 atom stereocenters. The first-order valence-corrected chi connectivity index (χ1v) is 4.61. The number of ether oxygens (including phenoxy) is 1. The lowest BCUT2D eigenvalue weighted by Crippen LogP contribution is -2.10. The van der Waals surface area contributed by atoms with Crippen LogP contribution in [-0.4, -0.2) is 18.3 Å². The summed E-state index contributed by atoms with van der Waals surface area (Å²) in [6.45, 7) is 2.31. The maximum Gasteiger partial charge on any atom is 0.265 e. The highest BCUT2D eigenvalue weighted by molar-refractivity contribution is 5.85. The first-order chi connectivity index (χ1) is 7.24. The summed E-state index contributed by atoms with van der Waals surface area (Å²) in [5.41, 5.74) is 6.19. The van der Waals surface area contributed by atoms with E-state index >= 15 is 0 Å². The summed E-state index contributed by atoms with van der Waals surface area (Å²) in [6, 6.07) is 3.30. The Kier molecular flexibility index (Phi) is 4.09. The zero-order valence-electron chi connectivity index (χ0n) is 8.70. The van der Waals surface area contributed by atoms with Crippen LogP contribution in [0.3, 0.4) is 0 Å². The van der Waals surface area contributed by atoms with Gasteiger partial charge in [-0.2, -0.15) is 0 Å². The Morgan fingerprint density at radius 1 is 1.50 bits per heavy atom. The number of hydrogen-bond acceptors (Lipinski definition) is 4. The molecule has 0 aliphatic rings. The van der Waals surface area contributed by atoms with Crippen LogP contribution < -0.4 is 10.5 Å². The predicted molar refractivity (Wildman–Crippen MR) is 60.5 cm³/mol. The molecule has 0 saturated carbocycles. The van der Waals surface area contributed by atoms with Gasteiger partial charge in [0, 0.05) is 6.54 Å². The van der Waals surface area contributed by atoms with Crippen LogP contribution in [0.2, 0.25) is 0 Å². The molecule has 0 aliphatic carbocycles. The van der Waals surface area contributed by atoms with Crippen LogP contribution >= 0.6 is 12.4 Å². The molecule has 2 rings (SSSR count). The van der Waals surface area contributed by atoms with Crippen molar-refractivity contribution in [3.05, 3.63) is 23.5 Å². The molecule has 88 valence electrons. The van der Waals surface area contributed by atoms with Gasteiger partial charge in [-0.3, -0.25) is 0 Å². The first kappa shape index (κ1) is 12.7. The summed E-state index contributed by atoms with van der Waals surface area (Å²) in [7, 11) is 0. The van der Waals surface area contributed by atoms with Crippen molar-refractivity contribution < 1.29 is 13.7 Å². The predicted octanol–water partition coefficient (Wildman–Crippen LogP) is 2.03. The summed E-state index contributed by atoms with van der Waals surface area (Å²) in [5.74, 6) is -0.197. The maximum absolute atomic E-state index is 13.7. The second-order valence-corrected chi connectivity index (χ2v) is 3.19. The van der Waals surface area contributed by atoms with E-state index in [0.29, 0.717) is 17.7 Å². The van der Waals surface area contributed by atoms with Crippen LogP contribution in [0.5, 0.6) is 5.88 Å². The van der Waals surface area contributed by atoms with Gasteiger partial charge in [0.05, 0.1) is 0 Å². The Labute approximate surface area is 97.9 Å². The smallest absolute Gasteiger partial charge is 0.265 e. The number of aryl methyl sites for hydroxylation is 1. The molecule has 4 nitrogen and oxygen atoms in total. The zero-order chi connectivity index (χ0) is 10.8. The van der Waals surface area contributed by atoms with E-state index in [0.717, 1.165) is 0 Å². The Balaban J connectivity index is 0.00000128. The quantitative estimate of drug-likeness (QED) is 0.900. The molecule has 0 fully saturated rings. The average molecular weight is 247 g/mol. The van der Waals surface area contributed by atoms with Gasteiger partial charge >= 0.3 is 0 Å². The van der Waals surface area contributed by atoms with Gasteiger partial charge < -0.3 is 15.0 Å². The summed E-state index contributed by atoms with van der Waals surface area (Å²) >= 11 is 0. The second kappa shape index (κ2) is 5.14. The van der Waals surface area contributed by atoms with Crippen LogP contribution in [0.15, 0.2) is 16.7 Å². The molecule has 1 heterocycles. The third-order valence-corrected chi connectivity index (χ3v) is 2.09.